The van der Waals surface area contributed by atoms with Gasteiger partial charge in [0.2, 0.25) is 0 Å². The Balaban J connectivity index is 1.61. The maximum absolute atomic E-state index is 12.5. The van der Waals surface area contributed by atoms with Crippen LogP contribution >= 0.6 is 11.3 Å². The lowest BCUT2D eigenvalue weighted by Crippen LogP contribution is -2.19. The molecule has 3 rings (SSSR count). The smallest absolute Gasteiger partial charge is 0.298 e. The largest absolute Gasteiger partial charge is 0.425 e. The first kappa shape index (κ1) is 13.6. The van der Waals surface area contributed by atoms with Gasteiger partial charge in [-0.1, -0.05) is 0 Å². The molecule has 1 aliphatic heterocycles. The third kappa shape index (κ3) is 2.85. The predicted molar refractivity (Wildman–Crippen MR) is 68.3 cm³/mol. The standard InChI is InChI=1S/C12H13F3N4S/c13-12(14,15)10-3-8(6-20-10)4-19-2-1-9(5-19)11-16-7-17-18-11/h3,6-7,9H,1-2,4-5H2,(H,16,17,18). The van der Waals surface area contributed by atoms with Crippen molar-refractivity contribution in [2.75, 3.05) is 13.1 Å². The topological polar surface area (TPSA) is 44.8 Å². The van der Waals surface area contributed by atoms with Gasteiger partial charge in [0.05, 0.1) is 0 Å². The lowest BCUT2D eigenvalue weighted by atomic mass is 10.1. The Labute approximate surface area is 117 Å². The number of aromatic amines is 1. The van der Waals surface area contributed by atoms with Crippen molar-refractivity contribution in [2.45, 2.75) is 25.1 Å². The molecular formula is C12H13F3N4S. The molecule has 20 heavy (non-hydrogen) atoms. The first-order valence-corrected chi connectivity index (χ1v) is 7.12. The molecule has 1 atom stereocenters. The van der Waals surface area contributed by atoms with Crippen molar-refractivity contribution in [3.05, 3.63) is 34.0 Å². The van der Waals surface area contributed by atoms with Gasteiger partial charge in [-0.2, -0.15) is 18.3 Å². The number of aromatic nitrogens is 3. The summed E-state index contributed by atoms with van der Waals surface area (Å²) in [4.78, 5) is 5.76. The van der Waals surface area contributed by atoms with Gasteiger partial charge in [-0.25, -0.2) is 4.98 Å². The number of thiophene rings is 1. The van der Waals surface area contributed by atoms with Gasteiger partial charge in [-0.15, -0.1) is 11.3 Å². The molecule has 0 radical (unpaired) electrons. The zero-order valence-corrected chi connectivity index (χ0v) is 11.3. The Morgan fingerprint density at radius 1 is 1.45 bits per heavy atom. The predicted octanol–water partition coefficient (Wildman–Crippen LogP) is 2.87. The molecule has 1 saturated heterocycles. The molecule has 1 unspecified atom stereocenters. The molecule has 1 fully saturated rings. The monoisotopic (exact) mass is 302 g/mol. The minimum absolute atomic E-state index is 0.290. The van der Waals surface area contributed by atoms with E-state index in [4.69, 9.17) is 0 Å². The van der Waals surface area contributed by atoms with E-state index in [-0.39, 0.29) is 0 Å². The number of rotatable bonds is 3. The van der Waals surface area contributed by atoms with Crippen molar-refractivity contribution in [2.24, 2.45) is 0 Å². The van der Waals surface area contributed by atoms with E-state index < -0.39 is 11.1 Å². The number of nitrogens with zero attached hydrogens (tertiary/aromatic N) is 3. The molecule has 2 aromatic heterocycles. The highest BCUT2D eigenvalue weighted by atomic mass is 32.1. The van der Waals surface area contributed by atoms with Gasteiger partial charge in [0, 0.05) is 19.0 Å². The van der Waals surface area contributed by atoms with Crippen LogP contribution in [0.2, 0.25) is 0 Å². The summed E-state index contributed by atoms with van der Waals surface area (Å²) < 4.78 is 37.6. The van der Waals surface area contributed by atoms with Gasteiger partial charge in [0.1, 0.15) is 17.0 Å². The Kier molecular flexibility index (Phi) is 3.51. The van der Waals surface area contributed by atoms with Crippen LogP contribution < -0.4 is 0 Å². The van der Waals surface area contributed by atoms with E-state index in [1.165, 1.54) is 12.4 Å². The maximum atomic E-state index is 12.5. The first-order chi connectivity index (χ1) is 9.52. The van der Waals surface area contributed by atoms with Crippen molar-refractivity contribution >= 4 is 11.3 Å². The second kappa shape index (κ2) is 5.17. The highest BCUT2D eigenvalue weighted by Gasteiger charge is 2.33. The molecule has 0 aliphatic carbocycles. The highest BCUT2D eigenvalue weighted by Crippen LogP contribution is 2.35. The van der Waals surface area contributed by atoms with Gasteiger partial charge in [0.15, 0.2) is 0 Å². The van der Waals surface area contributed by atoms with Gasteiger partial charge >= 0.3 is 6.18 Å². The average molecular weight is 302 g/mol. The molecule has 0 saturated carbocycles. The van der Waals surface area contributed by atoms with Crippen LogP contribution in [0.3, 0.4) is 0 Å². The molecule has 8 heteroatoms. The summed E-state index contributed by atoms with van der Waals surface area (Å²) in [7, 11) is 0. The summed E-state index contributed by atoms with van der Waals surface area (Å²) in [5.41, 5.74) is 0.723. The number of hydrogen-bond acceptors (Lipinski definition) is 4. The molecule has 1 aliphatic rings. The van der Waals surface area contributed by atoms with Crippen LogP contribution in [0, 0.1) is 0 Å². The van der Waals surface area contributed by atoms with E-state index in [0.717, 1.165) is 42.2 Å². The highest BCUT2D eigenvalue weighted by molar-refractivity contribution is 7.10. The van der Waals surface area contributed by atoms with Crippen LogP contribution in [0.15, 0.2) is 17.8 Å². The quantitative estimate of drug-likeness (QED) is 0.948. The lowest BCUT2D eigenvalue weighted by Gasteiger charge is -2.14. The van der Waals surface area contributed by atoms with E-state index in [1.54, 1.807) is 5.38 Å². The first-order valence-electron chi connectivity index (χ1n) is 6.24. The average Bonchev–Trinajstić information content (AvgIpc) is 3.08. The minimum atomic E-state index is -4.24. The molecule has 108 valence electrons. The number of H-pyrrole nitrogens is 1. The Hall–Kier alpha value is -1.41. The van der Waals surface area contributed by atoms with Crippen molar-refractivity contribution < 1.29 is 13.2 Å². The normalized spacial score (nSPS) is 20.6. The molecule has 0 aromatic carbocycles. The van der Waals surface area contributed by atoms with Crippen LogP contribution in [-0.4, -0.2) is 33.2 Å². The summed E-state index contributed by atoms with van der Waals surface area (Å²) in [6, 6.07) is 1.24. The molecule has 1 N–H and O–H groups in total. The molecule has 0 spiro atoms. The van der Waals surface area contributed by atoms with E-state index in [1.807, 2.05) is 0 Å². The molecule has 0 amide bonds. The van der Waals surface area contributed by atoms with Gasteiger partial charge in [-0.3, -0.25) is 10.00 Å². The summed E-state index contributed by atoms with van der Waals surface area (Å²) in [5.74, 6) is 1.15. The third-order valence-electron chi connectivity index (χ3n) is 3.43. The van der Waals surface area contributed by atoms with Crippen LogP contribution in [0.25, 0.3) is 0 Å². The second-order valence-electron chi connectivity index (χ2n) is 4.91. The zero-order valence-electron chi connectivity index (χ0n) is 10.5. The SMILES string of the molecule is FC(F)(F)c1cc(CN2CCC(c3ncn[nH]3)C2)cs1. The van der Waals surface area contributed by atoms with Gasteiger partial charge in [0.25, 0.3) is 0 Å². The molecular weight excluding hydrogens is 289 g/mol. The zero-order chi connectivity index (χ0) is 14.2. The van der Waals surface area contributed by atoms with Gasteiger partial charge < -0.3 is 0 Å². The summed E-state index contributed by atoms with van der Waals surface area (Å²) in [6.45, 7) is 2.21. The Bertz CT molecular complexity index is 564. The van der Waals surface area contributed by atoms with Crippen molar-refractivity contribution in [3.63, 3.8) is 0 Å². The number of hydrogen-bond donors (Lipinski definition) is 1. The van der Waals surface area contributed by atoms with Crippen molar-refractivity contribution in [1.82, 2.24) is 20.1 Å². The minimum Gasteiger partial charge on any atom is -0.298 e. The van der Waals surface area contributed by atoms with Crippen LogP contribution in [0.5, 0.6) is 0 Å². The summed E-state index contributed by atoms with van der Waals surface area (Å²) in [6.07, 6.45) is -1.81. The van der Waals surface area contributed by atoms with Crippen molar-refractivity contribution in [1.29, 1.82) is 0 Å². The number of likely N-dealkylation sites (tertiary alicyclic amines) is 1. The van der Waals surface area contributed by atoms with Crippen LogP contribution in [0.1, 0.15) is 28.6 Å². The number of alkyl halides is 3. The Morgan fingerprint density at radius 2 is 2.30 bits per heavy atom. The van der Waals surface area contributed by atoms with Gasteiger partial charge in [-0.05, 0) is 30.0 Å². The van der Waals surface area contributed by atoms with E-state index in [9.17, 15) is 13.2 Å². The van der Waals surface area contributed by atoms with E-state index in [2.05, 4.69) is 20.1 Å². The Morgan fingerprint density at radius 3 is 2.95 bits per heavy atom. The number of nitrogens with one attached hydrogen (secondary N) is 1. The lowest BCUT2D eigenvalue weighted by molar-refractivity contribution is -0.134. The summed E-state index contributed by atoms with van der Waals surface area (Å²) in [5, 5.41) is 8.27. The van der Waals surface area contributed by atoms with Crippen molar-refractivity contribution in [3.8, 4) is 0 Å². The molecule has 2 aromatic rings. The third-order valence-corrected chi connectivity index (χ3v) is 4.46. The molecule has 3 heterocycles. The molecule has 0 bridgehead atoms. The molecule has 4 nitrogen and oxygen atoms in total. The van der Waals surface area contributed by atoms with Crippen LogP contribution in [0.4, 0.5) is 13.2 Å². The van der Waals surface area contributed by atoms with E-state index >= 15 is 0 Å². The fourth-order valence-electron chi connectivity index (χ4n) is 2.48. The maximum Gasteiger partial charge on any atom is 0.425 e. The fraction of sp³-hybridized carbons (Fsp3) is 0.500. The fourth-order valence-corrected chi connectivity index (χ4v) is 3.25. The summed E-state index contributed by atoms with van der Waals surface area (Å²) >= 11 is 0.758. The van der Waals surface area contributed by atoms with E-state index in [0.29, 0.717) is 12.5 Å². The second-order valence-corrected chi connectivity index (χ2v) is 5.82. The van der Waals surface area contributed by atoms with Crippen LogP contribution in [-0.2, 0) is 12.7 Å². The number of halogens is 3.